The first-order chi connectivity index (χ1) is 11.8. The Morgan fingerprint density at radius 1 is 1.16 bits per heavy atom. The Kier molecular flexibility index (Phi) is 12.1. The zero-order valence-corrected chi connectivity index (χ0v) is 18.7. The van der Waals surface area contributed by atoms with Gasteiger partial charge < -0.3 is 19.7 Å². The van der Waals surface area contributed by atoms with Gasteiger partial charge in [0.1, 0.15) is 6.10 Å². The molecule has 2 aliphatic rings. The van der Waals surface area contributed by atoms with E-state index < -0.39 is 0 Å². The number of unbranched alkanes of at least 4 members (excludes halogenated alkanes) is 1. The van der Waals surface area contributed by atoms with E-state index >= 15 is 0 Å². The van der Waals surface area contributed by atoms with E-state index in [1.165, 1.54) is 32.1 Å². The van der Waals surface area contributed by atoms with Crippen molar-refractivity contribution in [3.05, 3.63) is 0 Å². The zero-order valence-electron chi connectivity index (χ0n) is 16.3. The average molecular weight is 467 g/mol. The molecule has 2 fully saturated rings. The Morgan fingerprint density at radius 2 is 1.96 bits per heavy atom. The molecule has 2 aliphatic heterocycles. The number of rotatable bonds is 8. The fourth-order valence-corrected chi connectivity index (χ4v) is 3.81. The Morgan fingerprint density at radius 3 is 2.60 bits per heavy atom. The van der Waals surface area contributed by atoms with Gasteiger partial charge in [-0.2, -0.15) is 0 Å². The summed E-state index contributed by atoms with van der Waals surface area (Å²) in [5, 5.41) is 3.62. The molecule has 0 saturated carbocycles. The third-order valence-electron chi connectivity index (χ3n) is 5.20. The van der Waals surface area contributed by atoms with E-state index in [2.05, 4.69) is 29.1 Å². The monoisotopic (exact) mass is 467 g/mol. The zero-order chi connectivity index (χ0) is 17.2. The smallest absolute Gasteiger partial charge is 0.193 e. The minimum Gasteiger partial charge on any atom is -0.375 e. The number of hydrogen-bond donors (Lipinski definition) is 1. The average Bonchev–Trinajstić information content (AvgIpc) is 3.15. The van der Waals surface area contributed by atoms with Crippen LogP contribution < -0.4 is 5.32 Å². The van der Waals surface area contributed by atoms with Crippen LogP contribution >= 0.6 is 24.0 Å². The SMILES string of the molecule is CCCCC(CCC)CNC(=NC)N1CCOC(C2CCCO2)C1.I. The summed E-state index contributed by atoms with van der Waals surface area (Å²) in [7, 11) is 1.89. The summed E-state index contributed by atoms with van der Waals surface area (Å²) in [5.41, 5.74) is 0. The summed E-state index contributed by atoms with van der Waals surface area (Å²) in [6.45, 7) is 9.03. The van der Waals surface area contributed by atoms with Gasteiger partial charge in [0.15, 0.2) is 5.96 Å². The van der Waals surface area contributed by atoms with Gasteiger partial charge in [0.05, 0.1) is 12.7 Å². The summed E-state index contributed by atoms with van der Waals surface area (Å²) in [6, 6.07) is 0. The molecular formula is C19H38IN3O2. The second-order valence-electron chi connectivity index (χ2n) is 7.13. The van der Waals surface area contributed by atoms with Crippen molar-refractivity contribution in [2.45, 2.75) is 71.0 Å². The molecule has 0 aromatic rings. The van der Waals surface area contributed by atoms with E-state index in [4.69, 9.17) is 9.47 Å². The number of hydrogen-bond acceptors (Lipinski definition) is 3. The van der Waals surface area contributed by atoms with Gasteiger partial charge in [0.25, 0.3) is 0 Å². The van der Waals surface area contributed by atoms with Crippen molar-refractivity contribution < 1.29 is 9.47 Å². The number of morpholine rings is 1. The summed E-state index contributed by atoms with van der Waals surface area (Å²) in [4.78, 5) is 6.87. The van der Waals surface area contributed by atoms with E-state index in [1.54, 1.807) is 0 Å². The van der Waals surface area contributed by atoms with Crippen LogP contribution in [0.1, 0.15) is 58.8 Å². The van der Waals surface area contributed by atoms with E-state index in [0.29, 0.717) is 0 Å². The highest BCUT2D eigenvalue weighted by Crippen LogP contribution is 2.21. The quantitative estimate of drug-likeness (QED) is 0.336. The summed E-state index contributed by atoms with van der Waals surface area (Å²) in [6.07, 6.45) is 9.21. The molecule has 0 aromatic carbocycles. The van der Waals surface area contributed by atoms with Crippen molar-refractivity contribution in [1.82, 2.24) is 10.2 Å². The Hall–Kier alpha value is -0.0800. The van der Waals surface area contributed by atoms with Crippen LogP contribution in [0.25, 0.3) is 0 Å². The highest BCUT2D eigenvalue weighted by molar-refractivity contribution is 14.0. The minimum absolute atomic E-state index is 0. The molecule has 25 heavy (non-hydrogen) atoms. The van der Waals surface area contributed by atoms with E-state index in [9.17, 15) is 0 Å². The van der Waals surface area contributed by atoms with Crippen LogP contribution in [0.5, 0.6) is 0 Å². The molecule has 1 N–H and O–H groups in total. The first kappa shape index (κ1) is 23.0. The van der Waals surface area contributed by atoms with Crippen molar-refractivity contribution >= 4 is 29.9 Å². The number of aliphatic imine (C=N–C) groups is 1. The molecule has 5 nitrogen and oxygen atoms in total. The maximum atomic E-state index is 5.95. The van der Waals surface area contributed by atoms with Crippen LogP contribution in [0.4, 0.5) is 0 Å². The number of nitrogens with zero attached hydrogens (tertiary/aromatic N) is 2. The third-order valence-corrected chi connectivity index (χ3v) is 5.20. The van der Waals surface area contributed by atoms with Gasteiger partial charge in [-0.3, -0.25) is 4.99 Å². The van der Waals surface area contributed by atoms with Crippen LogP contribution in [-0.2, 0) is 9.47 Å². The van der Waals surface area contributed by atoms with Gasteiger partial charge in [-0.15, -0.1) is 24.0 Å². The Labute approximate surface area is 171 Å². The van der Waals surface area contributed by atoms with Crippen molar-refractivity contribution in [2.75, 3.05) is 39.9 Å². The lowest BCUT2D eigenvalue weighted by Crippen LogP contribution is -2.53. The van der Waals surface area contributed by atoms with Crippen molar-refractivity contribution in [3.63, 3.8) is 0 Å². The molecule has 2 rings (SSSR count). The molecule has 6 heteroatoms. The first-order valence-corrected chi connectivity index (χ1v) is 9.97. The molecule has 0 bridgehead atoms. The van der Waals surface area contributed by atoms with Gasteiger partial charge in [-0.25, -0.2) is 0 Å². The molecular weight excluding hydrogens is 429 g/mol. The van der Waals surface area contributed by atoms with Gasteiger partial charge in [-0.05, 0) is 31.6 Å². The van der Waals surface area contributed by atoms with Gasteiger partial charge in [0.2, 0.25) is 0 Å². The predicted octanol–water partition coefficient (Wildman–Crippen LogP) is 3.67. The first-order valence-electron chi connectivity index (χ1n) is 9.97. The summed E-state index contributed by atoms with van der Waals surface area (Å²) >= 11 is 0. The lowest BCUT2D eigenvalue weighted by Gasteiger charge is -2.37. The number of nitrogens with one attached hydrogen (secondary N) is 1. The second kappa shape index (κ2) is 13.1. The van der Waals surface area contributed by atoms with Gasteiger partial charge >= 0.3 is 0 Å². The van der Waals surface area contributed by atoms with Crippen LogP contribution in [-0.4, -0.2) is 63.0 Å². The molecule has 2 saturated heterocycles. The lowest BCUT2D eigenvalue weighted by molar-refractivity contribution is -0.0817. The highest BCUT2D eigenvalue weighted by Gasteiger charge is 2.32. The Balaban J connectivity index is 0.00000312. The van der Waals surface area contributed by atoms with E-state index in [0.717, 1.165) is 57.6 Å². The fraction of sp³-hybridized carbons (Fsp3) is 0.947. The maximum absolute atomic E-state index is 5.95. The molecule has 3 unspecified atom stereocenters. The normalized spacial score (nSPS) is 25.6. The van der Waals surface area contributed by atoms with Crippen molar-refractivity contribution in [1.29, 1.82) is 0 Å². The van der Waals surface area contributed by atoms with Crippen LogP contribution in [0, 0.1) is 5.92 Å². The van der Waals surface area contributed by atoms with Crippen LogP contribution in [0.2, 0.25) is 0 Å². The van der Waals surface area contributed by atoms with Crippen LogP contribution in [0.3, 0.4) is 0 Å². The van der Waals surface area contributed by atoms with Gasteiger partial charge in [0, 0.05) is 33.3 Å². The minimum atomic E-state index is 0. The predicted molar refractivity (Wildman–Crippen MR) is 115 cm³/mol. The standard InChI is InChI=1S/C19H37N3O2.HI/c1-4-6-9-16(8-5-2)14-21-19(20-3)22-11-13-24-18(15-22)17-10-7-12-23-17;/h16-18H,4-15H2,1-3H3,(H,20,21);1H. The molecule has 3 atom stereocenters. The second-order valence-corrected chi connectivity index (χ2v) is 7.13. The summed E-state index contributed by atoms with van der Waals surface area (Å²) in [5.74, 6) is 1.78. The largest absolute Gasteiger partial charge is 0.375 e. The van der Waals surface area contributed by atoms with E-state index in [1.807, 2.05) is 7.05 Å². The molecule has 0 aromatic heterocycles. The van der Waals surface area contributed by atoms with Crippen molar-refractivity contribution in [3.8, 4) is 0 Å². The maximum Gasteiger partial charge on any atom is 0.193 e. The van der Waals surface area contributed by atoms with Gasteiger partial charge in [-0.1, -0.05) is 33.1 Å². The molecule has 0 amide bonds. The summed E-state index contributed by atoms with van der Waals surface area (Å²) < 4.78 is 11.8. The molecule has 0 spiro atoms. The van der Waals surface area contributed by atoms with E-state index in [-0.39, 0.29) is 36.2 Å². The number of guanidine groups is 1. The number of halogens is 1. The topological polar surface area (TPSA) is 46.1 Å². The Bertz CT molecular complexity index is 376. The van der Waals surface area contributed by atoms with Crippen LogP contribution in [0.15, 0.2) is 4.99 Å². The fourth-order valence-electron chi connectivity index (χ4n) is 3.81. The van der Waals surface area contributed by atoms with Crippen molar-refractivity contribution in [2.24, 2.45) is 10.9 Å². The molecule has 148 valence electrons. The molecule has 0 radical (unpaired) electrons. The highest BCUT2D eigenvalue weighted by atomic mass is 127. The third kappa shape index (κ3) is 7.59. The molecule has 2 heterocycles. The lowest BCUT2D eigenvalue weighted by atomic mass is 9.97. The molecule has 0 aliphatic carbocycles. The number of ether oxygens (including phenoxy) is 2.